The van der Waals surface area contributed by atoms with Crippen LogP contribution >= 0.6 is 28.3 Å². The first kappa shape index (κ1) is 17.5. The van der Waals surface area contributed by atoms with Crippen molar-refractivity contribution in [3.8, 4) is 0 Å². The van der Waals surface area contributed by atoms with Crippen LogP contribution < -0.4 is 10.6 Å². The van der Waals surface area contributed by atoms with Crippen LogP contribution in [0.2, 0.25) is 0 Å². The van der Waals surface area contributed by atoms with E-state index in [1.165, 1.54) is 0 Å². The molecular weight excluding hydrogens is 344 g/mol. The van der Waals surface area contributed by atoms with E-state index in [0.29, 0.717) is 6.54 Å². The van der Waals surface area contributed by atoms with E-state index in [4.69, 9.17) is 0 Å². The molecule has 7 heteroatoms. The average molecular weight is 366 g/mol. The zero-order valence-corrected chi connectivity index (χ0v) is 14.1. The number of aryl methyl sites for hydroxylation is 1. The Bertz CT molecular complexity index is 432. The molecule has 1 aliphatic rings. The Hall–Kier alpha value is -0.560. The van der Waals surface area contributed by atoms with Crippen LogP contribution in [0.3, 0.4) is 0 Å². The maximum Gasteiger partial charge on any atom is 0.267 e. The van der Waals surface area contributed by atoms with Crippen molar-refractivity contribution in [2.75, 3.05) is 39.3 Å². The van der Waals surface area contributed by atoms with Crippen molar-refractivity contribution in [2.24, 2.45) is 0 Å². The van der Waals surface area contributed by atoms with Gasteiger partial charge in [0.15, 0.2) is 0 Å². The van der Waals surface area contributed by atoms with E-state index in [1.807, 2.05) is 23.8 Å². The number of rotatable bonds is 5. The second kappa shape index (κ2) is 8.67. The number of nitrogens with zero attached hydrogens (tertiary/aromatic N) is 2. The standard InChI is InChI=1S/C13H21BrN4O.ClH/c1-2-18-10-11(14)9-12(18)13(19)16-5-8-17-6-3-15-4-7-17;/h9-10,15H,2-8H2,1H3,(H,16,19);1H. The first-order chi connectivity index (χ1) is 9.20. The molecule has 1 aromatic rings. The van der Waals surface area contributed by atoms with E-state index in [2.05, 4.69) is 31.5 Å². The fraction of sp³-hybridized carbons (Fsp3) is 0.615. The summed E-state index contributed by atoms with van der Waals surface area (Å²) in [4.78, 5) is 14.5. The Morgan fingerprint density at radius 3 is 2.80 bits per heavy atom. The van der Waals surface area contributed by atoms with Crippen LogP contribution in [0.1, 0.15) is 17.4 Å². The predicted molar refractivity (Wildman–Crippen MR) is 86.7 cm³/mol. The Morgan fingerprint density at radius 2 is 2.15 bits per heavy atom. The highest BCUT2D eigenvalue weighted by Gasteiger charge is 2.13. The molecule has 1 saturated heterocycles. The molecule has 0 aromatic carbocycles. The second-order valence-corrected chi connectivity index (χ2v) is 5.59. The largest absolute Gasteiger partial charge is 0.349 e. The molecule has 0 bridgehead atoms. The van der Waals surface area contributed by atoms with E-state index >= 15 is 0 Å². The Morgan fingerprint density at radius 1 is 1.45 bits per heavy atom. The highest BCUT2D eigenvalue weighted by atomic mass is 79.9. The normalized spacial score (nSPS) is 15.7. The van der Waals surface area contributed by atoms with Crippen LogP contribution in [0.4, 0.5) is 0 Å². The SMILES string of the molecule is CCn1cc(Br)cc1C(=O)NCCN1CCNCC1.Cl. The lowest BCUT2D eigenvalue weighted by atomic mass is 10.3. The monoisotopic (exact) mass is 364 g/mol. The zero-order chi connectivity index (χ0) is 13.7. The first-order valence-corrected chi connectivity index (χ1v) is 7.57. The summed E-state index contributed by atoms with van der Waals surface area (Å²) in [7, 11) is 0. The molecule has 20 heavy (non-hydrogen) atoms. The lowest BCUT2D eigenvalue weighted by Crippen LogP contribution is -2.46. The summed E-state index contributed by atoms with van der Waals surface area (Å²) in [6, 6.07) is 1.86. The van der Waals surface area contributed by atoms with Gasteiger partial charge in [0.2, 0.25) is 0 Å². The minimum absolute atomic E-state index is 0. The molecule has 0 radical (unpaired) electrons. The molecular formula is C13H22BrClN4O. The molecule has 114 valence electrons. The minimum Gasteiger partial charge on any atom is -0.349 e. The van der Waals surface area contributed by atoms with Gasteiger partial charge in [0.05, 0.1) is 0 Å². The number of carbonyl (C=O) groups is 1. The van der Waals surface area contributed by atoms with Crippen molar-refractivity contribution in [1.29, 1.82) is 0 Å². The molecule has 0 unspecified atom stereocenters. The molecule has 1 amide bonds. The molecule has 0 spiro atoms. The van der Waals surface area contributed by atoms with Gasteiger partial charge in [0.1, 0.15) is 5.69 Å². The van der Waals surface area contributed by atoms with Crippen molar-refractivity contribution in [3.05, 3.63) is 22.4 Å². The average Bonchev–Trinajstić information content (AvgIpc) is 2.81. The van der Waals surface area contributed by atoms with Crippen LogP contribution in [-0.4, -0.2) is 54.6 Å². The summed E-state index contributed by atoms with van der Waals surface area (Å²) in [5.74, 6) is 0.00249. The van der Waals surface area contributed by atoms with E-state index in [9.17, 15) is 4.79 Å². The van der Waals surface area contributed by atoms with Crippen LogP contribution in [0, 0.1) is 0 Å². The van der Waals surface area contributed by atoms with Crippen LogP contribution in [0.15, 0.2) is 16.7 Å². The second-order valence-electron chi connectivity index (χ2n) is 4.68. The number of carbonyl (C=O) groups excluding carboxylic acids is 1. The van der Waals surface area contributed by atoms with Gasteiger partial charge in [-0.25, -0.2) is 0 Å². The summed E-state index contributed by atoms with van der Waals surface area (Å²) in [5.41, 5.74) is 0.717. The number of aromatic nitrogens is 1. The number of hydrogen-bond donors (Lipinski definition) is 2. The number of amides is 1. The van der Waals surface area contributed by atoms with Crippen LogP contribution in [0.25, 0.3) is 0 Å². The van der Waals surface area contributed by atoms with Gasteiger partial charge in [0.25, 0.3) is 5.91 Å². The lowest BCUT2D eigenvalue weighted by molar-refractivity contribution is 0.0938. The van der Waals surface area contributed by atoms with Gasteiger partial charge in [-0.3, -0.25) is 9.69 Å². The van der Waals surface area contributed by atoms with E-state index < -0.39 is 0 Å². The highest BCUT2D eigenvalue weighted by Crippen LogP contribution is 2.14. The topological polar surface area (TPSA) is 49.3 Å². The van der Waals surface area contributed by atoms with Gasteiger partial charge >= 0.3 is 0 Å². The number of piperazine rings is 1. The first-order valence-electron chi connectivity index (χ1n) is 6.77. The fourth-order valence-electron chi connectivity index (χ4n) is 2.28. The lowest BCUT2D eigenvalue weighted by Gasteiger charge is -2.27. The smallest absolute Gasteiger partial charge is 0.267 e. The van der Waals surface area contributed by atoms with Gasteiger partial charge < -0.3 is 15.2 Å². The summed E-state index contributed by atoms with van der Waals surface area (Å²) in [6.45, 7) is 8.65. The number of hydrogen-bond acceptors (Lipinski definition) is 3. The van der Waals surface area contributed by atoms with E-state index in [-0.39, 0.29) is 18.3 Å². The van der Waals surface area contributed by atoms with Gasteiger partial charge in [-0.1, -0.05) is 0 Å². The summed E-state index contributed by atoms with van der Waals surface area (Å²) < 4.78 is 2.89. The Balaban J connectivity index is 0.00000200. The maximum absolute atomic E-state index is 12.1. The fourth-order valence-corrected chi connectivity index (χ4v) is 2.74. The maximum atomic E-state index is 12.1. The quantitative estimate of drug-likeness (QED) is 0.827. The summed E-state index contributed by atoms with van der Waals surface area (Å²) >= 11 is 3.41. The van der Waals surface area contributed by atoms with Gasteiger partial charge in [-0.15, -0.1) is 12.4 Å². The summed E-state index contributed by atoms with van der Waals surface area (Å²) in [6.07, 6.45) is 1.94. The zero-order valence-electron chi connectivity index (χ0n) is 11.7. The molecule has 0 saturated carbocycles. The van der Waals surface area contributed by atoms with Crippen molar-refractivity contribution < 1.29 is 4.79 Å². The molecule has 5 nitrogen and oxygen atoms in total. The molecule has 2 rings (SSSR count). The van der Waals surface area contributed by atoms with Gasteiger partial charge in [-0.05, 0) is 28.9 Å². The van der Waals surface area contributed by atoms with Crippen molar-refractivity contribution >= 4 is 34.2 Å². The van der Waals surface area contributed by atoms with Crippen molar-refractivity contribution in [1.82, 2.24) is 20.1 Å². The highest BCUT2D eigenvalue weighted by molar-refractivity contribution is 9.10. The predicted octanol–water partition coefficient (Wildman–Crippen LogP) is 1.33. The molecule has 2 N–H and O–H groups in total. The number of halogens is 2. The molecule has 2 heterocycles. The Kier molecular flexibility index (Phi) is 7.58. The van der Waals surface area contributed by atoms with Gasteiger partial charge in [-0.2, -0.15) is 0 Å². The van der Waals surface area contributed by atoms with Gasteiger partial charge in [0, 0.05) is 56.5 Å². The third-order valence-corrected chi connectivity index (χ3v) is 3.79. The third kappa shape index (κ3) is 4.77. The van der Waals surface area contributed by atoms with E-state index in [1.54, 1.807) is 0 Å². The molecule has 0 aliphatic carbocycles. The molecule has 1 aromatic heterocycles. The third-order valence-electron chi connectivity index (χ3n) is 3.36. The van der Waals surface area contributed by atoms with Crippen molar-refractivity contribution in [3.63, 3.8) is 0 Å². The van der Waals surface area contributed by atoms with E-state index in [0.717, 1.165) is 49.4 Å². The molecule has 1 fully saturated rings. The van der Waals surface area contributed by atoms with Crippen molar-refractivity contribution in [2.45, 2.75) is 13.5 Å². The van der Waals surface area contributed by atoms with Crippen LogP contribution in [-0.2, 0) is 6.54 Å². The minimum atomic E-state index is 0. The van der Waals surface area contributed by atoms with Crippen LogP contribution in [0.5, 0.6) is 0 Å². The Labute approximate surface area is 134 Å². The number of nitrogens with one attached hydrogen (secondary N) is 2. The summed E-state index contributed by atoms with van der Waals surface area (Å²) in [5, 5.41) is 6.31. The molecule has 1 aliphatic heterocycles. The molecule has 0 atom stereocenters.